The van der Waals surface area contributed by atoms with Crippen LogP contribution in [0.2, 0.25) is 0 Å². The predicted molar refractivity (Wildman–Crippen MR) is 105 cm³/mol. The lowest BCUT2D eigenvalue weighted by Gasteiger charge is -2.47. The van der Waals surface area contributed by atoms with Crippen LogP contribution in [0.1, 0.15) is 49.3 Å². The number of fused-ring (bicyclic) bond motifs is 3. The van der Waals surface area contributed by atoms with E-state index in [1.54, 1.807) is 12.1 Å². The molecule has 0 aromatic heterocycles. The lowest BCUT2D eigenvalue weighted by Crippen LogP contribution is -2.58. The first kappa shape index (κ1) is 20.2. The number of aliphatic hydroxyl groups is 3. The average Bonchev–Trinajstić information content (AvgIpc) is 2.68. The van der Waals surface area contributed by atoms with Gasteiger partial charge in [-0.2, -0.15) is 0 Å². The zero-order valence-corrected chi connectivity index (χ0v) is 16.6. The Morgan fingerprint density at radius 2 is 1.90 bits per heavy atom. The summed E-state index contributed by atoms with van der Waals surface area (Å²) in [5.41, 5.74) is 3.11. The summed E-state index contributed by atoms with van der Waals surface area (Å²) in [5, 5.41) is 43.4. The molecule has 3 aliphatic rings. The average molecular weight is 413 g/mol. The van der Waals surface area contributed by atoms with Crippen LogP contribution in [-0.2, 0) is 20.8 Å². The summed E-state index contributed by atoms with van der Waals surface area (Å²) in [4.78, 5) is 37.4. The molecule has 1 aromatic carbocycles. The number of carbonyl (C=O) groups is 3. The Kier molecular flexibility index (Phi) is 4.32. The summed E-state index contributed by atoms with van der Waals surface area (Å²) >= 11 is 0. The Hall–Kier alpha value is -3.13. The Labute approximate surface area is 172 Å². The highest BCUT2D eigenvalue weighted by Crippen LogP contribution is 2.55. The van der Waals surface area contributed by atoms with E-state index in [0.717, 1.165) is 0 Å². The number of ketones is 2. The van der Waals surface area contributed by atoms with E-state index in [1.165, 1.54) is 0 Å². The van der Waals surface area contributed by atoms with Gasteiger partial charge in [0.15, 0.2) is 11.4 Å². The molecule has 158 valence electrons. The number of aliphatic hydroxyl groups excluding tert-OH is 2. The number of amides is 1. The number of phenolic OH excluding ortho intramolecular Hbond substituents is 1. The summed E-state index contributed by atoms with van der Waals surface area (Å²) in [6, 6.07) is 3.56. The molecule has 4 atom stereocenters. The van der Waals surface area contributed by atoms with Gasteiger partial charge in [0.05, 0.1) is 5.56 Å². The van der Waals surface area contributed by atoms with Crippen molar-refractivity contribution in [2.45, 2.75) is 44.6 Å². The van der Waals surface area contributed by atoms with Crippen LogP contribution in [0.25, 0.3) is 5.76 Å². The molecule has 1 saturated carbocycles. The first-order valence-electron chi connectivity index (χ1n) is 9.87. The van der Waals surface area contributed by atoms with E-state index in [2.05, 4.69) is 0 Å². The summed E-state index contributed by atoms with van der Waals surface area (Å²) in [6.07, 6.45) is 0.308. The van der Waals surface area contributed by atoms with Crippen LogP contribution in [-0.4, -0.2) is 43.5 Å². The number of benzene rings is 1. The molecular formula is C22H23NO7. The van der Waals surface area contributed by atoms with E-state index in [1.807, 2.05) is 13.8 Å². The van der Waals surface area contributed by atoms with Gasteiger partial charge in [-0.1, -0.05) is 26.0 Å². The third kappa shape index (κ3) is 2.34. The molecule has 1 fully saturated rings. The van der Waals surface area contributed by atoms with Crippen molar-refractivity contribution in [2.75, 3.05) is 0 Å². The largest absolute Gasteiger partial charge is 0.508 e. The number of rotatable bonds is 2. The van der Waals surface area contributed by atoms with Gasteiger partial charge in [0.2, 0.25) is 5.78 Å². The molecule has 1 aromatic rings. The lowest BCUT2D eigenvalue weighted by atomic mass is 9.57. The molecule has 0 aliphatic heterocycles. The van der Waals surface area contributed by atoms with E-state index >= 15 is 0 Å². The van der Waals surface area contributed by atoms with Crippen LogP contribution >= 0.6 is 0 Å². The third-order valence-corrected chi connectivity index (χ3v) is 6.91. The molecule has 0 heterocycles. The van der Waals surface area contributed by atoms with Crippen molar-refractivity contribution in [3.05, 3.63) is 45.7 Å². The van der Waals surface area contributed by atoms with Gasteiger partial charge in [-0.3, -0.25) is 14.4 Å². The van der Waals surface area contributed by atoms with E-state index in [9.17, 15) is 34.8 Å². The molecule has 6 N–H and O–H groups in total. The molecule has 1 unspecified atom stereocenters. The second kappa shape index (κ2) is 6.43. The lowest BCUT2D eigenvalue weighted by molar-refractivity contribution is -0.148. The highest BCUT2D eigenvalue weighted by Gasteiger charge is 2.61. The van der Waals surface area contributed by atoms with E-state index in [0.29, 0.717) is 17.5 Å². The van der Waals surface area contributed by atoms with Crippen LogP contribution in [0, 0.1) is 11.8 Å². The van der Waals surface area contributed by atoms with Gasteiger partial charge in [-0.15, -0.1) is 0 Å². The summed E-state index contributed by atoms with van der Waals surface area (Å²) in [7, 11) is 0. The minimum Gasteiger partial charge on any atom is -0.508 e. The molecular weight excluding hydrogens is 390 g/mol. The maximum atomic E-state index is 13.4. The number of aryl methyl sites for hydroxylation is 1. The number of primary amides is 1. The number of phenols is 1. The monoisotopic (exact) mass is 413 g/mol. The van der Waals surface area contributed by atoms with Crippen molar-refractivity contribution in [3.8, 4) is 5.75 Å². The molecule has 3 aliphatic carbocycles. The van der Waals surface area contributed by atoms with Gasteiger partial charge >= 0.3 is 0 Å². The maximum absolute atomic E-state index is 13.4. The van der Waals surface area contributed by atoms with Crippen LogP contribution in [0.4, 0.5) is 0 Å². The van der Waals surface area contributed by atoms with Crippen LogP contribution in [0.3, 0.4) is 0 Å². The number of nitrogens with two attached hydrogens (primary N) is 1. The van der Waals surface area contributed by atoms with Crippen molar-refractivity contribution in [1.82, 2.24) is 0 Å². The van der Waals surface area contributed by atoms with Gasteiger partial charge in [0.25, 0.3) is 5.91 Å². The van der Waals surface area contributed by atoms with Crippen molar-refractivity contribution in [2.24, 2.45) is 17.6 Å². The predicted octanol–water partition coefficient (Wildman–Crippen LogP) is 1.55. The number of carbonyl (C=O) groups excluding carboxylic acids is 3. The second-order valence-electron chi connectivity index (χ2n) is 8.29. The van der Waals surface area contributed by atoms with Crippen molar-refractivity contribution >= 4 is 23.2 Å². The zero-order valence-electron chi connectivity index (χ0n) is 16.6. The van der Waals surface area contributed by atoms with Crippen molar-refractivity contribution < 1.29 is 34.8 Å². The van der Waals surface area contributed by atoms with Crippen molar-refractivity contribution in [1.29, 1.82) is 0 Å². The Morgan fingerprint density at radius 3 is 2.50 bits per heavy atom. The third-order valence-electron chi connectivity index (χ3n) is 6.91. The van der Waals surface area contributed by atoms with Gasteiger partial charge in [-0.05, 0) is 35.8 Å². The highest BCUT2D eigenvalue weighted by molar-refractivity contribution is 6.22. The number of hydrogen-bond donors (Lipinski definition) is 5. The zero-order chi connectivity index (χ0) is 22.1. The Balaban J connectivity index is 1.97. The van der Waals surface area contributed by atoms with Crippen molar-refractivity contribution in [3.63, 3.8) is 0 Å². The number of aromatic hydroxyl groups is 1. The number of hydrogen-bond acceptors (Lipinski definition) is 7. The van der Waals surface area contributed by atoms with Crippen LogP contribution in [0.5, 0.6) is 5.75 Å². The molecule has 0 bridgehead atoms. The molecule has 0 saturated heterocycles. The molecule has 8 heteroatoms. The van der Waals surface area contributed by atoms with E-state index < -0.39 is 52.0 Å². The van der Waals surface area contributed by atoms with E-state index in [4.69, 9.17) is 5.73 Å². The van der Waals surface area contributed by atoms with Crippen LogP contribution in [0.15, 0.2) is 29.0 Å². The van der Waals surface area contributed by atoms with Gasteiger partial charge < -0.3 is 26.2 Å². The molecule has 8 nitrogen and oxygen atoms in total. The normalized spacial score (nSPS) is 30.7. The maximum Gasteiger partial charge on any atom is 0.255 e. The quantitative estimate of drug-likeness (QED) is 0.460. The molecule has 0 spiro atoms. The Bertz CT molecular complexity index is 1080. The highest BCUT2D eigenvalue weighted by atomic mass is 16.3. The fourth-order valence-corrected chi connectivity index (χ4v) is 5.24. The molecule has 4 rings (SSSR count). The van der Waals surface area contributed by atoms with Gasteiger partial charge in [0.1, 0.15) is 22.8 Å². The standard InChI is InChI=1S/C22H23NO7/c1-3-9-4-5-11-8(2)12-6-10-7-13(24)16(21(23)29)20(28)22(10,30)19(27)15(12)18(26)14(11)17(9)25/h4-5,8,10,12,25-26,28,30H,3,6-7H2,1-2H3,(H2,23,29)/t8-,10-,12?,22-/m0/s1. The topological polar surface area (TPSA) is 158 Å². The van der Waals surface area contributed by atoms with Crippen LogP contribution < -0.4 is 5.73 Å². The first-order valence-corrected chi connectivity index (χ1v) is 9.87. The van der Waals surface area contributed by atoms with Gasteiger partial charge in [-0.25, -0.2) is 0 Å². The Morgan fingerprint density at radius 1 is 1.23 bits per heavy atom. The minimum atomic E-state index is -2.53. The minimum absolute atomic E-state index is 0.123. The number of Topliss-reactive ketones (excluding diaryl/α,β-unsaturated/α-hetero) is 2. The molecule has 1 amide bonds. The SMILES string of the molecule is CCc1ccc2c(c1O)C(O)=C1C(=O)[C@]3(O)C(O)=C(C(N)=O)C(=O)C[C@@H]3CC1[C@H]2C. The summed E-state index contributed by atoms with van der Waals surface area (Å²) in [6.45, 7) is 3.68. The summed E-state index contributed by atoms with van der Waals surface area (Å²) < 4.78 is 0. The summed E-state index contributed by atoms with van der Waals surface area (Å²) in [5.74, 6) is -6.39. The smallest absolute Gasteiger partial charge is 0.255 e. The van der Waals surface area contributed by atoms with Gasteiger partial charge in [0, 0.05) is 17.9 Å². The van der Waals surface area contributed by atoms with E-state index in [-0.39, 0.29) is 35.6 Å². The second-order valence-corrected chi connectivity index (χ2v) is 8.29. The molecule has 0 radical (unpaired) electrons. The first-order chi connectivity index (χ1) is 14.0. The fraction of sp³-hybridized carbons (Fsp3) is 0.409. The molecule has 30 heavy (non-hydrogen) atoms. The fourth-order valence-electron chi connectivity index (χ4n) is 5.24.